The highest BCUT2D eigenvalue weighted by Gasteiger charge is 2.08. The largest absolute Gasteiger partial charge is 0.478 e. The van der Waals surface area contributed by atoms with E-state index in [1.165, 1.54) is 11.3 Å². The predicted octanol–water partition coefficient (Wildman–Crippen LogP) is 4.70. The normalized spacial score (nSPS) is 10.8. The summed E-state index contributed by atoms with van der Waals surface area (Å²) < 4.78 is 1.00. The monoisotopic (exact) mass is 318 g/mol. The highest BCUT2D eigenvalue weighted by atomic mass is 35.5. The van der Waals surface area contributed by atoms with E-state index in [-0.39, 0.29) is 5.56 Å². The second kappa shape index (κ2) is 5.35. The number of benzene rings is 2. The number of aromatic nitrogens is 1. The standard InChI is InChI=1S/C15H11ClN2O2S/c1-8-6-9(14(19)20)2-4-11(8)17-15-18-12-5-3-10(16)7-13(12)21-15/h2-7H,1H3,(H,17,18)(H,19,20). The lowest BCUT2D eigenvalue weighted by atomic mass is 10.1. The highest BCUT2D eigenvalue weighted by Crippen LogP contribution is 2.31. The number of carboxylic acids is 1. The number of aryl methyl sites for hydroxylation is 1. The molecule has 2 N–H and O–H groups in total. The molecule has 1 heterocycles. The van der Waals surface area contributed by atoms with Gasteiger partial charge in [-0.1, -0.05) is 22.9 Å². The Bertz CT molecular complexity index is 845. The maximum atomic E-state index is 10.9. The van der Waals surface area contributed by atoms with Crippen LogP contribution in [0.25, 0.3) is 10.2 Å². The summed E-state index contributed by atoms with van der Waals surface area (Å²) in [4.78, 5) is 15.4. The van der Waals surface area contributed by atoms with Gasteiger partial charge in [0, 0.05) is 10.7 Å². The molecule has 0 aliphatic rings. The summed E-state index contributed by atoms with van der Waals surface area (Å²) in [5.74, 6) is -0.931. The van der Waals surface area contributed by atoms with Crippen molar-refractivity contribution >= 4 is 49.9 Å². The zero-order chi connectivity index (χ0) is 15.0. The van der Waals surface area contributed by atoms with E-state index in [2.05, 4.69) is 10.3 Å². The number of hydrogen-bond donors (Lipinski definition) is 2. The van der Waals surface area contributed by atoms with Gasteiger partial charge in [0.15, 0.2) is 5.13 Å². The average molecular weight is 319 g/mol. The van der Waals surface area contributed by atoms with Gasteiger partial charge in [-0.25, -0.2) is 9.78 Å². The fourth-order valence-electron chi connectivity index (χ4n) is 2.00. The summed E-state index contributed by atoms with van der Waals surface area (Å²) in [5.41, 5.74) is 2.85. The van der Waals surface area contributed by atoms with Crippen LogP contribution in [0.5, 0.6) is 0 Å². The third-order valence-electron chi connectivity index (χ3n) is 3.07. The molecule has 21 heavy (non-hydrogen) atoms. The van der Waals surface area contributed by atoms with Crippen molar-refractivity contribution in [1.29, 1.82) is 0 Å². The summed E-state index contributed by atoms with van der Waals surface area (Å²) >= 11 is 7.47. The van der Waals surface area contributed by atoms with Crippen molar-refractivity contribution in [1.82, 2.24) is 4.98 Å². The number of fused-ring (bicyclic) bond motifs is 1. The number of anilines is 2. The Morgan fingerprint density at radius 1 is 1.29 bits per heavy atom. The molecular weight excluding hydrogens is 308 g/mol. The molecule has 0 radical (unpaired) electrons. The molecule has 6 heteroatoms. The summed E-state index contributed by atoms with van der Waals surface area (Å²) in [5, 5.41) is 13.6. The number of rotatable bonds is 3. The number of aromatic carboxylic acids is 1. The Kier molecular flexibility index (Phi) is 3.53. The third-order valence-corrected chi connectivity index (χ3v) is 4.23. The summed E-state index contributed by atoms with van der Waals surface area (Å²) in [6, 6.07) is 10.5. The van der Waals surface area contributed by atoms with E-state index in [1.807, 2.05) is 19.1 Å². The Morgan fingerprint density at radius 2 is 2.10 bits per heavy atom. The van der Waals surface area contributed by atoms with Crippen LogP contribution in [-0.4, -0.2) is 16.1 Å². The maximum Gasteiger partial charge on any atom is 0.335 e. The molecule has 106 valence electrons. The van der Waals surface area contributed by atoms with Crippen molar-refractivity contribution < 1.29 is 9.90 Å². The van der Waals surface area contributed by atoms with Crippen molar-refractivity contribution in [2.45, 2.75) is 6.92 Å². The molecule has 0 saturated carbocycles. The first-order valence-electron chi connectivity index (χ1n) is 6.20. The molecule has 0 fully saturated rings. The highest BCUT2D eigenvalue weighted by molar-refractivity contribution is 7.22. The zero-order valence-corrected chi connectivity index (χ0v) is 12.6. The predicted molar refractivity (Wildman–Crippen MR) is 86.1 cm³/mol. The summed E-state index contributed by atoms with van der Waals surface area (Å²) in [6.07, 6.45) is 0. The van der Waals surface area contributed by atoms with Crippen LogP contribution in [0.4, 0.5) is 10.8 Å². The van der Waals surface area contributed by atoms with Gasteiger partial charge in [0.25, 0.3) is 0 Å². The molecule has 0 aliphatic heterocycles. The molecule has 0 amide bonds. The number of thiazole rings is 1. The SMILES string of the molecule is Cc1cc(C(=O)O)ccc1Nc1nc2ccc(Cl)cc2s1. The summed E-state index contributed by atoms with van der Waals surface area (Å²) in [6.45, 7) is 1.86. The van der Waals surface area contributed by atoms with E-state index < -0.39 is 5.97 Å². The molecule has 3 aromatic rings. The van der Waals surface area contributed by atoms with Crippen LogP contribution in [0.1, 0.15) is 15.9 Å². The fraction of sp³-hybridized carbons (Fsp3) is 0.0667. The van der Waals surface area contributed by atoms with Crippen LogP contribution < -0.4 is 5.32 Å². The van der Waals surface area contributed by atoms with Gasteiger partial charge >= 0.3 is 5.97 Å². The van der Waals surface area contributed by atoms with Gasteiger partial charge in [0.05, 0.1) is 15.8 Å². The molecule has 0 atom stereocenters. The second-order valence-corrected chi connectivity index (χ2v) is 6.06. The van der Waals surface area contributed by atoms with Crippen molar-refractivity contribution in [2.75, 3.05) is 5.32 Å². The van der Waals surface area contributed by atoms with E-state index in [0.717, 1.165) is 26.6 Å². The second-order valence-electron chi connectivity index (χ2n) is 4.59. The number of nitrogens with zero attached hydrogens (tertiary/aromatic N) is 1. The fourth-order valence-corrected chi connectivity index (χ4v) is 3.16. The lowest BCUT2D eigenvalue weighted by Crippen LogP contribution is -1.99. The molecule has 0 unspecified atom stereocenters. The van der Waals surface area contributed by atoms with Crippen molar-refractivity contribution in [3.8, 4) is 0 Å². The van der Waals surface area contributed by atoms with Crippen molar-refractivity contribution in [3.05, 3.63) is 52.5 Å². The van der Waals surface area contributed by atoms with Crippen LogP contribution >= 0.6 is 22.9 Å². The minimum atomic E-state index is -0.931. The van der Waals surface area contributed by atoms with Crippen LogP contribution in [0, 0.1) is 6.92 Å². The molecule has 2 aromatic carbocycles. The Balaban J connectivity index is 1.93. The minimum Gasteiger partial charge on any atom is -0.478 e. The quantitative estimate of drug-likeness (QED) is 0.734. The van der Waals surface area contributed by atoms with Gasteiger partial charge in [0.1, 0.15) is 0 Å². The number of nitrogens with one attached hydrogen (secondary N) is 1. The van der Waals surface area contributed by atoms with E-state index in [4.69, 9.17) is 16.7 Å². The van der Waals surface area contributed by atoms with Gasteiger partial charge in [-0.05, 0) is 48.9 Å². The van der Waals surface area contributed by atoms with Crippen molar-refractivity contribution in [2.24, 2.45) is 0 Å². The Labute approximate surface area is 130 Å². The first kappa shape index (κ1) is 13.9. The molecule has 0 bridgehead atoms. The third kappa shape index (κ3) is 2.84. The summed E-state index contributed by atoms with van der Waals surface area (Å²) in [7, 11) is 0. The molecule has 4 nitrogen and oxygen atoms in total. The number of halogens is 1. The molecular formula is C15H11ClN2O2S. The van der Waals surface area contributed by atoms with E-state index in [9.17, 15) is 4.79 Å². The van der Waals surface area contributed by atoms with Gasteiger partial charge < -0.3 is 10.4 Å². The van der Waals surface area contributed by atoms with E-state index in [0.29, 0.717) is 5.02 Å². The minimum absolute atomic E-state index is 0.272. The van der Waals surface area contributed by atoms with Gasteiger partial charge in [-0.2, -0.15) is 0 Å². The first-order chi connectivity index (χ1) is 10.0. The molecule has 0 aliphatic carbocycles. The van der Waals surface area contributed by atoms with Crippen LogP contribution in [0.2, 0.25) is 5.02 Å². The molecule has 0 spiro atoms. The van der Waals surface area contributed by atoms with Gasteiger partial charge in [-0.15, -0.1) is 0 Å². The van der Waals surface area contributed by atoms with Gasteiger partial charge in [0.2, 0.25) is 0 Å². The smallest absolute Gasteiger partial charge is 0.335 e. The topological polar surface area (TPSA) is 62.2 Å². The van der Waals surface area contributed by atoms with E-state index in [1.54, 1.807) is 24.3 Å². The lowest BCUT2D eigenvalue weighted by molar-refractivity contribution is 0.0697. The molecule has 0 saturated heterocycles. The zero-order valence-electron chi connectivity index (χ0n) is 11.1. The van der Waals surface area contributed by atoms with Gasteiger partial charge in [-0.3, -0.25) is 0 Å². The number of carbonyl (C=O) groups is 1. The Hall–Kier alpha value is -2.11. The van der Waals surface area contributed by atoms with E-state index >= 15 is 0 Å². The molecule has 3 rings (SSSR count). The average Bonchev–Trinajstić information content (AvgIpc) is 2.82. The number of carboxylic acid groups (broad SMARTS) is 1. The van der Waals surface area contributed by atoms with Crippen LogP contribution in [0.3, 0.4) is 0 Å². The van der Waals surface area contributed by atoms with Crippen LogP contribution in [0.15, 0.2) is 36.4 Å². The maximum absolute atomic E-state index is 10.9. The Morgan fingerprint density at radius 3 is 2.81 bits per heavy atom. The van der Waals surface area contributed by atoms with Crippen molar-refractivity contribution in [3.63, 3.8) is 0 Å². The number of hydrogen-bond acceptors (Lipinski definition) is 4. The molecule has 1 aromatic heterocycles. The first-order valence-corrected chi connectivity index (χ1v) is 7.39. The van der Waals surface area contributed by atoms with Crippen LogP contribution in [-0.2, 0) is 0 Å². The lowest BCUT2D eigenvalue weighted by Gasteiger charge is -2.07.